The fourth-order valence-corrected chi connectivity index (χ4v) is 2.62. The molecule has 0 saturated heterocycles. The van der Waals surface area contributed by atoms with Crippen LogP contribution in [0.2, 0.25) is 0 Å². The molecule has 24 heavy (non-hydrogen) atoms. The first-order chi connectivity index (χ1) is 11.7. The van der Waals surface area contributed by atoms with Crippen LogP contribution in [-0.4, -0.2) is 27.3 Å². The Bertz CT molecular complexity index is 726. The molecule has 0 spiro atoms. The normalized spacial score (nSPS) is 13.8. The fraction of sp³-hybridized carbons (Fsp3) is 0.412. The molecule has 1 aromatic heterocycles. The van der Waals surface area contributed by atoms with E-state index in [0.29, 0.717) is 18.7 Å². The van der Waals surface area contributed by atoms with Crippen molar-refractivity contribution in [2.45, 2.75) is 32.2 Å². The number of carbonyl (C=O) groups is 1. The number of hydrogen-bond acceptors (Lipinski definition) is 4. The van der Waals surface area contributed by atoms with Gasteiger partial charge in [-0.3, -0.25) is 5.32 Å². The summed E-state index contributed by atoms with van der Waals surface area (Å²) < 4.78 is 1.64. The maximum atomic E-state index is 11.8. The molecule has 2 aromatic rings. The van der Waals surface area contributed by atoms with Crippen LogP contribution in [0.3, 0.4) is 0 Å². The number of amides is 2. The molecule has 1 aromatic carbocycles. The van der Waals surface area contributed by atoms with E-state index in [1.807, 2.05) is 12.1 Å². The number of nitrogens with zero attached hydrogens (tertiary/aromatic N) is 4. The maximum Gasteiger partial charge on any atom is 0.321 e. The second kappa shape index (κ2) is 7.59. The largest absolute Gasteiger partial charge is 0.338 e. The van der Waals surface area contributed by atoms with E-state index < -0.39 is 0 Å². The average molecular weight is 324 g/mol. The molecule has 0 atom stereocenters. The Morgan fingerprint density at radius 3 is 2.79 bits per heavy atom. The number of rotatable bonds is 6. The number of urea groups is 1. The van der Waals surface area contributed by atoms with Gasteiger partial charge in [-0.25, -0.2) is 14.5 Å². The van der Waals surface area contributed by atoms with Crippen molar-refractivity contribution in [2.75, 3.05) is 11.9 Å². The standard InChI is InChI=1S/C17H20N6O/c18-10-14-4-6-15(7-5-14)11-23-12-20-16(22-23)21-17(24)19-9-8-13-2-1-3-13/h4-7,12-13H,1-3,8-9,11H2,(H2,19,21,22,24). The lowest BCUT2D eigenvalue weighted by molar-refractivity contribution is 0.247. The average Bonchev–Trinajstić information content (AvgIpc) is 2.97. The smallest absolute Gasteiger partial charge is 0.321 e. The zero-order valence-corrected chi connectivity index (χ0v) is 13.4. The molecule has 7 heteroatoms. The van der Waals surface area contributed by atoms with Crippen LogP contribution in [0.25, 0.3) is 0 Å². The molecule has 3 rings (SSSR count). The summed E-state index contributed by atoms with van der Waals surface area (Å²) in [5.41, 5.74) is 1.63. The van der Waals surface area contributed by atoms with Crippen molar-refractivity contribution in [1.82, 2.24) is 20.1 Å². The molecule has 1 heterocycles. The highest BCUT2D eigenvalue weighted by Gasteiger charge is 2.17. The molecule has 0 aliphatic heterocycles. The highest BCUT2D eigenvalue weighted by molar-refractivity contribution is 5.87. The number of nitriles is 1. The molecule has 0 radical (unpaired) electrons. The maximum absolute atomic E-state index is 11.8. The Morgan fingerprint density at radius 2 is 2.12 bits per heavy atom. The van der Waals surface area contributed by atoms with E-state index >= 15 is 0 Å². The van der Waals surface area contributed by atoms with Crippen molar-refractivity contribution in [2.24, 2.45) is 5.92 Å². The van der Waals surface area contributed by atoms with Gasteiger partial charge in [-0.15, -0.1) is 5.10 Å². The van der Waals surface area contributed by atoms with Gasteiger partial charge in [0.25, 0.3) is 0 Å². The summed E-state index contributed by atoms with van der Waals surface area (Å²) in [5, 5.41) is 18.5. The molecule has 1 saturated carbocycles. The van der Waals surface area contributed by atoms with Crippen LogP contribution in [0.1, 0.15) is 36.8 Å². The number of benzene rings is 1. The minimum absolute atomic E-state index is 0.273. The lowest BCUT2D eigenvalue weighted by atomic mass is 9.83. The summed E-state index contributed by atoms with van der Waals surface area (Å²) in [6.45, 7) is 1.21. The lowest BCUT2D eigenvalue weighted by Gasteiger charge is -2.24. The molecule has 1 fully saturated rings. The fourth-order valence-electron chi connectivity index (χ4n) is 2.62. The lowest BCUT2D eigenvalue weighted by Crippen LogP contribution is -2.31. The van der Waals surface area contributed by atoms with Crippen molar-refractivity contribution in [3.05, 3.63) is 41.7 Å². The molecule has 1 aliphatic carbocycles. The van der Waals surface area contributed by atoms with Crippen LogP contribution in [0, 0.1) is 17.2 Å². The second-order valence-corrected chi connectivity index (χ2v) is 6.04. The van der Waals surface area contributed by atoms with Gasteiger partial charge in [0.2, 0.25) is 5.95 Å². The van der Waals surface area contributed by atoms with E-state index in [1.54, 1.807) is 23.1 Å². The van der Waals surface area contributed by atoms with Gasteiger partial charge in [0, 0.05) is 6.54 Å². The van der Waals surface area contributed by atoms with Crippen LogP contribution >= 0.6 is 0 Å². The predicted molar refractivity (Wildman–Crippen MR) is 89.3 cm³/mol. The number of hydrogen-bond donors (Lipinski definition) is 2. The van der Waals surface area contributed by atoms with Gasteiger partial charge in [0.15, 0.2) is 0 Å². The third kappa shape index (κ3) is 4.32. The Morgan fingerprint density at radius 1 is 1.33 bits per heavy atom. The zero-order valence-electron chi connectivity index (χ0n) is 13.4. The zero-order chi connectivity index (χ0) is 16.8. The molecule has 0 unspecified atom stereocenters. The molecule has 124 valence electrons. The van der Waals surface area contributed by atoms with E-state index in [2.05, 4.69) is 26.8 Å². The van der Waals surface area contributed by atoms with E-state index in [9.17, 15) is 4.79 Å². The van der Waals surface area contributed by atoms with Gasteiger partial charge in [-0.1, -0.05) is 31.4 Å². The van der Waals surface area contributed by atoms with Crippen molar-refractivity contribution in [3.63, 3.8) is 0 Å². The highest BCUT2D eigenvalue weighted by Crippen LogP contribution is 2.28. The molecule has 0 bridgehead atoms. The Balaban J connectivity index is 1.45. The van der Waals surface area contributed by atoms with Crippen molar-refractivity contribution in [1.29, 1.82) is 5.26 Å². The van der Waals surface area contributed by atoms with Crippen LogP contribution in [0.5, 0.6) is 0 Å². The van der Waals surface area contributed by atoms with Crippen molar-refractivity contribution < 1.29 is 4.79 Å². The van der Waals surface area contributed by atoms with Crippen LogP contribution in [0.4, 0.5) is 10.7 Å². The predicted octanol–water partition coefficient (Wildman–Crippen LogP) is 2.51. The molecule has 1 aliphatic rings. The molecule has 2 amide bonds. The SMILES string of the molecule is N#Cc1ccc(Cn2cnc(NC(=O)NCCC3CCC3)n2)cc1. The summed E-state index contributed by atoms with van der Waals surface area (Å²) >= 11 is 0. The summed E-state index contributed by atoms with van der Waals surface area (Å²) in [6, 6.07) is 9.09. The van der Waals surface area contributed by atoms with Gasteiger partial charge in [-0.05, 0) is 30.0 Å². The summed E-state index contributed by atoms with van der Waals surface area (Å²) in [4.78, 5) is 15.9. The monoisotopic (exact) mass is 324 g/mol. The summed E-state index contributed by atoms with van der Waals surface area (Å²) in [5.74, 6) is 1.06. The summed E-state index contributed by atoms with van der Waals surface area (Å²) in [6.07, 6.45) is 6.49. The topological polar surface area (TPSA) is 95.6 Å². The quantitative estimate of drug-likeness (QED) is 0.853. The number of aromatic nitrogens is 3. The molecular formula is C17H20N6O. The van der Waals surface area contributed by atoms with Crippen molar-refractivity contribution >= 4 is 12.0 Å². The third-order valence-corrected chi connectivity index (χ3v) is 4.25. The van der Waals surface area contributed by atoms with Gasteiger partial charge in [0.05, 0.1) is 18.2 Å². The van der Waals surface area contributed by atoms with Crippen LogP contribution < -0.4 is 10.6 Å². The molecular weight excluding hydrogens is 304 g/mol. The first-order valence-electron chi connectivity index (χ1n) is 8.16. The van der Waals surface area contributed by atoms with Crippen LogP contribution in [0.15, 0.2) is 30.6 Å². The minimum Gasteiger partial charge on any atom is -0.338 e. The minimum atomic E-state index is -0.273. The van der Waals surface area contributed by atoms with Gasteiger partial charge in [-0.2, -0.15) is 5.26 Å². The van der Waals surface area contributed by atoms with E-state index in [-0.39, 0.29) is 12.0 Å². The highest BCUT2D eigenvalue weighted by atomic mass is 16.2. The van der Waals surface area contributed by atoms with E-state index in [0.717, 1.165) is 17.9 Å². The summed E-state index contributed by atoms with van der Waals surface area (Å²) in [7, 11) is 0. The van der Waals surface area contributed by atoms with Gasteiger partial charge < -0.3 is 5.32 Å². The first kappa shape index (κ1) is 16.0. The Hall–Kier alpha value is -2.88. The van der Waals surface area contributed by atoms with Crippen LogP contribution in [-0.2, 0) is 6.54 Å². The molecule has 7 nitrogen and oxygen atoms in total. The number of anilines is 1. The van der Waals surface area contributed by atoms with Gasteiger partial charge >= 0.3 is 6.03 Å². The Kier molecular flexibility index (Phi) is 5.06. The second-order valence-electron chi connectivity index (χ2n) is 6.04. The van der Waals surface area contributed by atoms with E-state index in [1.165, 1.54) is 19.3 Å². The first-order valence-corrected chi connectivity index (χ1v) is 8.16. The van der Waals surface area contributed by atoms with Gasteiger partial charge in [0.1, 0.15) is 6.33 Å². The van der Waals surface area contributed by atoms with E-state index in [4.69, 9.17) is 5.26 Å². The Labute approximate surface area is 140 Å². The van der Waals surface area contributed by atoms with Crippen molar-refractivity contribution in [3.8, 4) is 6.07 Å². The number of carbonyl (C=O) groups excluding carboxylic acids is 1. The third-order valence-electron chi connectivity index (χ3n) is 4.25. The number of nitrogens with one attached hydrogen (secondary N) is 2. The molecule has 2 N–H and O–H groups in total.